The monoisotopic (exact) mass is 345 g/mol. The number of non-ortho nitro benzene ring substituents is 1. The number of nitro groups is 1. The molecular weight excluding hydrogens is 325 g/mol. The van der Waals surface area contributed by atoms with Gasteiger partial charge in [0.1, 0.15) is 5.82 Å². The number of rotatable bonds is 4. The molecule has 8 heteroatoms. The number of carbonyl (C=O) groups excluding carboxylic acids is 1. The lowest BCUT2D eigenvalue weighted by molar-refractivity contribution is -0.385. The van der Waals surface area contributed by atoms with E-state index in [4.69, 9.17) is 0 Å². The Balaban J connectivity index is 0.00000264. The van der Waals surface area contributed by atoms with Crippen LogP contribution in [0.4, 0.5) is 10.1 Å². The molecule has 0 spiro atoms. The highest BCUT2D eigenvalue weighted by atomic mass is 35.5. The van der Waals surface area contributed by atoms with Crippen LogP contribution >= 0.6 is 12.4 Å². The number of amides is 1. The Morgan fingerprint density at radius 1 is 1.48 bits per heavy atom. The minimum atomic E-state index is -0.796. The van der Waals surface area contributed by atoms with Gasteiger partial charge < -0.3 is 10.6 Å². The predicted molar refractivity (Wildman–Crippen MR) is 87.4 cm³/mol. The average molecular weight is 346 g/mol. The summed E-state index contributed by atoms with van der Waals surface area (Å²) < 4.78 is 13.4. The molecule has 1 aromatic carbocycles. The van der Waals surface area contributed by atoms with Gasteiger partial charge in [-0.25, -0.2) is 4.39 Å². The lowest BCUT2D eigenvalue weighted by Gasteiger charge is -2.39. The fourth-order valence-corrected chi connectivity index (χ4v) is 2.73. The first kappa shape index (κ1) is 19.3. The van der Waals surface area contributed by atoms with Crippen molar-refractivity contribution in [3.05, 3.63) is 39.7 Å². The number of halogens is 2. The lowest BCUT2D eigenvalue weighted by Crippen LogP contribution is -2.52. The summed E-state index contributed by atoms with van der Waals surface area (Å²) in [5.41, 5.74) is -0.416. The summed E-state index contributed by atoms with van der Waals surface area (Å²) in [5, 5.41) is 16.8. The smallest absolute Gasteiger partial charge is 0.273 e. The number of nitrogens with zero attached hydrogens (tertiary/aromatic N) is 1. The lowest BCUT2D eigenvalue weighted by atomic mass is 9.77. The molecule has 128 valence electrons. The van der Waals surface area contributed by atoms with Crippen molar-refractivity contribution in [2.45, 2.75) is 32.7 Å². The van der Waals surface area contributed by atoms with Gasteiger partial charge >= 0.3 is 0 Å². The molecule has 0 bridgehead atoms. The maximum Gasteiger partial charge on any atom is 0.273 e. The van der Waals surface area contributed by atoms with Crippen LogP contribution in [0.15, 0.2) is 18.2 Å². The van der Waals surface area contributed by atoms with Gasteiger partial charge in [-0.2, -0.15) is 0 Å². The largest absolute Gasteiger partial charge is 0.350 e. The van der Waals surface area contributed by atoms with E-state index in [9.17, 15) is 19.3 Å². The molecule has 1 fully saturated rings. The van der Waals surface area contributed by atoms with E-state index in [1.807, 2.05) is 0 Å². The van der Waals surface area contributed by atoms with Gasteiger partial charge in [-0.05, 0) is 30.9 Å². The fourth-order valence-electron chi connectivity index (χ4n) is 2.73. The molecule has 1 aliphatic heterocycles. The maximum absolute atomic E-state index is 13.4. The molecule has 1 aromatic rings. The van der Waals surface area contributed by atoms with Gasteiger partial charge in [-0.15, -0.1) is 12.4 Å². The summed E-state index contributed by atoms with van der Waals surface area (Å²) in [4.78, 5) is 22.1. The van der Waals surface area contributed by atoms with E-state index in [-0.39, 0.29) is 29.4 Å². The van der Waals surface area contributed by atoms with Gasteiger partial charge in [0.05, 0.1) is 11.0 Å². The van der Waals surface area contributed by atoms with Gasteiger partial charge in [0.15, 0.2) is 0 Å². The third kappa shape index (κ3) is 4.87. The zero-order valence-electron chi connectivity index (χ0n) is 13.1. The molecule has 0 radical (unpaired) electrons. The molecule has 6 nitrogen and oxygen atoms in total. The Bertz CT molecular complexity index is 595. The second-order valence-corrected chi connectivity index (χ2v) is 6.26. The second-order valence-electron chi connectivity index (χ2n) is 6.26. The van der Waals surface area contributed by atoms with Gasteiger partial charge in [0, 0.05) is 24.2 Å². The number of benzene rings is 1. The van der Waals surface area contributed by atoms with E-state index in [0.29, 0.717) is 6.54 Å². The van der Waals surface area contributed by atoms with Crippen LogP contribution in [-0.2, 0) is 0 Å². The highest BCUT2D eigenvalue weighted by Crippen LogP contribution is 2.29. The first-order valence-corrected chi connectivity index (χ1v) is 7.26. The molecule has 23 heavy (non-hydrogen) atoms. The van der Waals surface area contributed by atoms with Crippen molar-refractivity contribution in [3.63, 3.8) is 0 Å². The molecular formula is C15H21ClFN3O3. The van der Waals surface area contributed by atoms with Crippen LogP contribution in [0.1, 0.15) is 37.0 Å². The quantitative estimate of drug-likeness (QED) is 0.649. The van der Waals surface area contributed by atoms with Gasteiger partial charge in [-0.1, -0.05) is 13.8 Å². The molecule has 0 aromatic heterocycles. The highest BCUT2D eigenvalue weighted by Gasteiger charge is 2.32. The van der Waals surface area contributed by atoms with Crippen LogP contribution in [0.25, 0.3) is 0 Å². The topological polar surface area (TPSA) is 84.3 Å². The minimum absolute atomic E-state index is 0. The van der Waals surface area contributed by atoms with Crippen LogP contribution in [0.2, 0.25) is 0 Å². The molecule has 1 saturated heterocycles. The van der Waals surface area contributed by atoms with Crippen LogP contribution < -0.4 is 10.6 Å². The van der Waals surface area contributed by atoms with Crippen molar-refractivity contribution < 1.29 is 14.1 Å². The van der Waals surface area contributed by atoms with Crippen LogP contribution in [0, 0.1) is 21.3 Å². The normalized spacial score (nSPS) is 19.5. The van der Waals surface area contributed by atoms with Gasteiger partial charge in [-0.3, -0.25) is 14.9 Å². The van der Waals surface area contributed by atoms with Gasteiger partial charge in [0.2, 0.25) is 0 Å². The number of nitro benzene ring substituents is 1. The predicted octanol–water partition coefficient (Wildman–Crippen LogP) is 2.66. The van der Waals surface area contributed by atoms with E-state index in [0.717, 1.165) is 37.6 Å². The van der Waals surface area contributed by atoms with Crippen LogP contribution in [0.3, 0.4) is 0 Å². The SMILES string of the molecule is CC1(C)CCCNC1CNC(=O)c1cc(F)cc([N+](=O)[O-])c1.Cl. The van der Waals surface area contributed by atoms with Crippen molar-refractivity contribution in [3.8, 4) is 0 Å². The van der Waals surface area contributed by atoms with Crippen molar-refractivity contribution >= 4 is 24.0 Å². The maximum atomic E-state index is 13.4. The second kappa shape index (κ2) is 7.70. The van der Waals surface area contributed by atoms with Crippen molar-refractivity contribution in [1.29, 1.82) is 0 Å². The first-order chi connectivity index (χ1) is 10.3. The van der Waals surface area contributed by atoms with E-state index in [1.165, 1.54) is 0 Å². The van der Waals surface area contributed by atoms with Crippen molar-refractivity contribution in [1.82, 2.24) is 10.6 Å². The van der Waals surface area contributed by atoms with Crippen molar-refractivity contribution in [2.24, 2.45) is 5.41 Å². The Morgan fingerprint density at radius 2 is 2.17 bits per heavy atom. The summed E-state index contributed by atoms with van der Waals surface area (Å²) in [7, 11) is 0. The highest BCUT2D eigenvalue weighted by molar-refractivity contribution is 5.94. The number of nitrogens with one attached hydrogen (secondary N) is 2. The van der Waals surface area contributed by atoms with E-state index in [2.05, 4.69) is 24.5 Å². The Hall–Kier alpha value is -1.73. The minimum Gasteiger partial charge on any atom is -0.350 e. The molecule has 1 amide bonds. The van der Waals surface area contributed by atoms with Crippen LogP contribution in [-0.4, -0.2) is 30.0 Å². The molecule has 0 aliphatic carbocycles. The number of piperidine rings is 1. The number of carbonyl (C=O) groups is 1. The van der Waals surface area contributed by atoms with E-state index >= 15 is 0 Å². The molecule has 1 aliphatic rings. The standard InChI is InChI=1S/C15H20FN3O3.ClH/c1-15(2)4-3-5-17-13(15)9-18-14(20)10-6-11(16)8-12(7-10)19(21)22;/h6-8,13,17H,3-5,9H2,1-2H3,(H,18,20);1H. The number of hydrogen-bond donors (Lipinski definition) is 2. The summed E-state index contributed by atoms with van der Waals surface area (Å²) >= 11 is 0. The first-order valence-electron chi connectivity index (χ1n) is 7.26. The average Bonchev–Trinajstić information content (AvgIpc) is 2.44. The molecule has 0 saturated carbocycles. The van der Waals surface area contributed by atoms with Crippen molar-refractivity contribution in [2.75, 3.05) is 13.1 Å². The summed E-state index contributed by atoms with van der Waals surface area (Å²) in [5.74, 6) is -1.30. The molecule has 1 unspecified atom stereocenters. The van der Waals surface area contributed by atoms with Crippen LogP contribution in [0.5, 0.6) is 0 Å². The van der Waals surface area contributed by atoms with E-state index in [1.54, 1.807) is 0 Å². The molecule has 2 rings (SSSR count). The zero-order chi connectivity index (χ0) is 16.3. The van der Waals surface area contributed by atoms with Gasteiger partial charge in [0.25, 0.3) is 11.6 Å². The Morgan fingerprint density at radius 3 is 2.78 bits per heavy atom. The fraction of sp³-hybridized carbons (Fsp3) is 0.533. The third-order valence-electron chi connectivity index (χ3n) is 4.15. The zero-order valence-corrected chi connectivity index (χ0v) is 13.9. The molecule has 2 N–H and O–H groups in total. The Kier molecular flexibility index (Phi) is 6.47. The molecule has 1 atom stereocenters. The Labute approximate surface area is 140 Å². The third-order valence-corrected chi connectivity index (χ3v) is 4.15. The summed E-state index contributed by atoms with van der Waals surface area (Å²) in [6.45, 7) is 5.55. The number of hydrogen-bond acceptors (Lipinski definition) is 4. The van der Waals surface area contributed by atoms with E-state index < -0.39 is 22.3 Å². The molecule has 1 heterocycles. The summed E-state index contributed by atoms with van der Waals surface area (Å²) in [6.07, 6.45) is 2.15. The summed E-state index contributed by atoms with van der Waals surface area (Å²) in [6, 6.07) is 3.00.